The molecule has 0 spiro atoms. The van der Waals surface area contributed by atoms with Crippen LogP contribution in [-0.2, 0) is 18.3 Å². The highest BCUT2D eigenvalue weighted by Crippen LogP contribution is 2.57. The largest absolute Gasteiger partial charge is 0.254 e. The second-order valence-corrected chi connectivity index (χ2v) is 6.94. The van der Waals surface area contributed by atoms with Crippen LogP contribution in [0.2, 0.25) is 0 Å². The van der Waals surface area contributed by atoms with Gasteiger partial charge in [-0.05, 0) is 60.3 Å². The highest BCUT2D eigenvalue weighted by atomic mass is 14.8. The van der Waals surface area contributed by atoms with E-state index in [0.717, 1.165) is 18.5 Å². The lowest BCUT2D eigenvalue weighted by molar-refractivity contribution is 0.504. The van der Waals surface area contributed by atoms with E-state index in [4.69, 9.17) is 4.98 Å². The number of aryl methyl sites for hydroxylation is 2. The molecule has 0 N–H and O–H groups in total. The van der Waals surface area contributed by atoms with Crippen LogP contribution in [0.25, 0.3) is 11.4 Å². The summed E-state index contributed by atoms with van der Waals surface area (Å²) in [4.78, 5) is 9.70. The Kier molecular flexibility index (Phi) is 1.92. The van der Waals surface area contributed by atoms with Crippen molar-refractivity contribution in [3.8, 4) is 11.4 Å². The van der Waals surface area contributed by atoms with Crippen molar-refractivity contribution in [1.82, 2.24) is 9.97 Å². The molecule has 20 heavy (non-hydrogen) atoms. The number of rotatable bonds is 0. The Morgan fingerprint density at radius 1 is 1.20 bits per heavy atom. The Bertz CT molecular complexity index is 734. The fraction of sp³-hybridized carbons (Fsp3) is 0.444. The van der Waals surface area contributed by atoms with Gasteiger partial charge >= 0.3 is 0 Å². The van der Waals surface area contributed by atoms with Crippen LogP contribution in [0.3, 0.4) is 0 Å². The van der Waals surface area contributed by atoms with Gasteiger partial charge in [0, 0.05) is 17.8 Å². The average molecular weight is 262 g/mol. The normalized spacial score (nSPS) is 28.9. The molecule has 0 radical (unpaired) electrons. The second kappa shape index (κ2) is 3.49. The van der Waals surface area contributed by atoms with Gasteiger partial charge in [-0.25, -0.2) is 0 Å². The topological polar surface area (TPSA) is 25.8 Å². The first kappa shape index (κ1) is 11.0. The third-order valence-electron chi connectivity index (χ3n) is 5.69. The summed E-state index contributed by atoms with van der Waals surface area (Å²) in [6.07, 6.45) is 8.11. The van der Waals surface area contributed by atoms with Crippen LogP contribution in [0.5, 0.6) is 0 Å². The van der Waals surface area contributed by atoms with E-state index in [-0.39, 0.29) is 0 Å². The number of nitrogens with zero attached hydrogens (tertiary/aromatic N) is 2. The monoisotopic (exact) mass is 262 g/mol. The van der Waals surface area contributed by atoms with Crippen LogP contribution in [0, 0.1) is 0 Å². The van der Waals surface area contributed by atoms with Crippen LogP contribution >= 0.6 is 0 Å². The van der Waals surface area contributed by atoms with E-state index in [1.807, 2.05) is 12.3 Å². The summed E-state index contributed by atoms with van der Waals surface area (Å²) in [5.41, 5.74) is 8.42. The molecule has 0 saturated heterocycles. The molecule has 2 atom stereocenters. The summed E-state index contributed by atoms with van der Waals surface area (Å²) < 4.78 is 0. The first-order chi connectivity index (χ1) is 9.74. The molecule has 2 heterocycles. The lowest BCUT2D eigenvalue weighted by atomic mass is 9.80. The van der Waals surface area contributed by atoms with Crippen molar-refractivity contribution >= 4 is 0 Å². The van der Waals surface area contributed by atoms with Crippen LogP contribution < -0.4 is 0 Å². The lowest BCUT2D eigenvalue weighted by Crippen LogP contribution is -2.18. The van der Waals surface area contributed by atoms with Gasteiger partial charge in [-0.3, -0.25) is 9.97 Å². The summed E-state index contributed by atoms with van der Waals surface area (Å²) in [5.74, 6) is 0.703. The molecular formula is C18H18N2. The van der Waals surface area contributed by atoms with Crippen molar-refractivity contribution in [2.24, 2.45) is 0 Å². The quantitative estimate of drug-likeness (QED) is 0.722. The maximum absolute atomic E-state index is 5.10. The summed E-state index contributed by atoms with van der Waals surface area (Å²) in [6, 6.07) is 6.71. The SMILES string of the molecule is CC12CCC(C1)c1nc3c(cc12)CCc1cccnc1-3. The van der Waals surface area contributed by atoms with E-state index < -0.39 is 0 Å². The molecule has 2 nitrogen and oxygen atoms in total. The van der Waals surface area contributed by atoms with Crippen molar-refractivity contribution in [3.05, 3.63) is 46.8 Å². The molecule has 2 aromatic rings. The van der Waals surface area contributed by atoms with Crippen molar-refractivity contribution in [2.75, 3.05) is 0 Å². The molecule has 2 aromatic heterocycles. The first-order valence-corrected chi connectivity index (χ1v) is 7.73. The van der Waals surface area contributed by atoms with Gasteiger partial charge in [-0.2, -0.15) is 0 Å². The van der Waals surface area contributed by atoms with Crippen LogP contribution in [0.4, 0.5) is 0 Å². The maximum atomic E-state index is 5.10. The van der Waals surface area contributed by atoms with Crippen molar-refractivity contribution in [3.63, 3.8) is 0 Å². The van der Waals surface area contributed by atoms with Gasteiger partial charge in [0.1, 0.15) is 0 Å². The minimum Gasteiger partial charge on any atom is -0.254 e. The van der Waals surface area contributed by atoms with E-state index in [1.165, 1.54) is 41.8 Å². The van der Waals surface area contributed by atoms with Crippen LogP contribution in [0.1, 0.15) is 54.5 Å². The van der Waals surface area contributed by atoms with Crippen LogP contribution in [-0.4, -0.2) is 9.97 Å². The van der Waals surface area contributed by atoms with E-state index in [1.54, 1.807) is 5.56 Å². The Hall–Kier alpha value is -1.70. The molecule has 100 valence electrons. The van der Waals surface area contributed by atoms with E-state index in [9.17, 15) is 0 Å². The Morgan fingerprint density at radius 3 is 3.05 bits per heavy atom. The summed E-state index contributed by atoms with van der Waals surface area (Å²) in [7, 11) is 0. The van der Waals surface area contributed by atoms with E-state index >= 15 is 0 Å². The summed E-state index contributed by atoms with van der Waals surface area (Å²) in [6.45, 7) is 2.43. The van der Waals surface area contributed by atoms with Gasteiger partial charge in [0.25, 0.3) is 0 Å². The molecule has 0 aromatic carbocycles. The minimum absolute atomic E-state index is 0.409. The molecule has 2 unspecified atom stereocenters. The molecule has 3 aliphatic rings. The van der Waals surface area contributed by atoms with Gasteiger partial charge in [0.2, 0.25) is 0 Å². The van der Waals surface area contributed by atoms with Gasteiger partial charge in [-0.1, -0.05) is 19.1 Å². The lowest BCUT2D eigenvalue weighted by Gasteiger charge is -2.27. The third-order valence-corrected chi connectivity index (χ3v) is 5.69. The fourth-order valence-electron chi connectivity index (χ4n) is 4.60. The number of hydrogen-bond donors (Lipinski definition) is 0. The molecule has 5 rings (SSSR count). The van der Waals surface area contributed by atoms with Crippen molar-refractivity contribution in [1.29, 1.82) is 0 Å². The zero-order valence-electron chi connectivity index (χ0n) is 11.8. The highest BCUT2D eigenvalue weighted by Gasteiger charge is 2.47. The molecule has 2 bridgehead atoms. The Labute approximate surface area is 119 Å². The molecule has 0 amide bonds. The number of pyridine rings is 2. The number of fused-ring (bicyclic) bond motifs is 8. The highest BCUT2D eigenvalue weighted by molar-refractivity contribution is 5.67. The zero-order chi connectivity index (χ0) is 13.3. The van der Waals surface area contributed by atoms with Gasteiger partial charge in [0.15, 0.2) is 0 Å². The fourth-order valence-corrected chi connectivity index (χ4v) is 4.60. The van der Waals surface area contributed by atoms with Gasteiger partial charge in [-0.15, -0.1) is 0 Å². The van der Waals surface area contributed by atoms with E-state index in [2.05, 4.69) is 24.0 Å². The van der Waals surface area contributed by atoms with Gasteiger partial charge in [0.05, 0.1) is 11.4 Å². The Morgan fingerprint density at radius 2 is 2.10 bits per heavy atom. The summed E-state index contributed by atoms with van der Waals surface area (Å²) >= 11 is 0. The maximum Gasteiger partial charge on any atom is 0.0924 e. The third kappa shape index (κ3) is 1.25. The number of aromatic nitrogens is 2. The molecule has 1 fully saturated rings. The Balaban J connectivity index is 1.78. The predicted molar refractivity (Wildman–Crippen MR) is 78.8 cm³/mol. The smallest absolute Gasteiger partial charge is 0.0924 e. The first-order valence-electron chi connectivity index (χ1n) is 7.73. The average Bonchev–Trinajstić information content (AvgIpc) is 3.00. The summed E-state index contributed by atoms with van der Waals surface area (Å²) in [5, 5.41) is 0. The van der Waals surface area contributed by atoms with Crippen molar-refractivity contribution in [2.45, 2.75) is 50.4 Å². The number of hydrogen-bond acceptors (Lipinski definition) is 2. The molecule has 1 saturated carbocycles. The zero-order valence-corrected chi connectivity index (χ0v) is 11.8. The predicted octanol–water partition coefficient (Wildman–Crippen LogP) is 3.78. The van der Waals surface area contributed by atoms with Crippen molar-refractivity contribution < 1.29 is 0 Å². The molecule has 2 heteroatoms. The second-order valence-electron chi connectivity index (χ2n) is 6.94. The molecule has 3 aliphatic carbocycles. The molecular weight excluding hydrogens is 244 g/mol. The standard InChI is InChI=1S/C18H18N2/c1-18-7-6-13(10-18)15-14(18)9-12-5-4-11-3-2-8-19-16(11)17(12)20-15/h2-3,8-9,13H,4-7,10H2,1H3. The molecule has 0 aliphatic heterocycles. The minimum atomic E-state index is 0.409. The van der Waals surface area contributed by atoms with Gasteiger partial charge < -0.3 is 0 Å². The van der Waals surface area contributed by atoms with Crippen LogP contribution in [0.15, 0.2) is 24.4 Å². The van der Waals surface area contributed by atoms with E-state index in [0.29, 0.717) is 11.3 Å².